The Bertz CT molecular complexity index is 316. The van der Waals surface area contributed by atoms with Crippen LogP contribution in [0.1, 0.15) is 54.4 Å². The van der Waals surface area contributed by atoms with Crippen LogP contribution in [0.25, 0.3) is 0 Å². The Hall–Kier alpha value is -0.130. The Morgan fingerprint density at radius 2 is 1.61 bits per heavy atom. The van der Waals surface area contributed by atoms with Crippen LogP contribution in [0.2, 0.25) is 0 Å². The van der Waals surface area contributed by atoms with Gasteiger partial charge in [-0.1, -0.05) is 15.9 Å². The van der Waals surface area contributed by atoms with Crippen LogP contribution >= 0.6 is 15.9 Å². The molecule has 0 saturated carbocycles. The monoisotopic (exact) mass is 320 g/mol. The lowest BCUT2D eigenvalue weighted by atomic mass is 9.80. The molecule has 1 rings (SSSR count). The zero-order valence-corrected chi connectivity index (χ0v) is 13.6. The minimum Gasteiger partial charge on any atom is -0.461 e. The number of carbonyl (C=O) groups excluding carboxylic acids is 1. The van der Waals surface area contributed by atoms with Crippen LogP contribution in [0.5, 0.6) is 0 Å². The maximum Gasteiger partial charge on any atom is 0.322 e. The molecule has 18 heavy (non-hydrogen) atoms. The maximum atomic E-state index is 12.2. The van der Waals surface area contributed by atoms with Crippen molar-refractivity contribution >= 4 is 21.9 Å². The van der Waals surface area contributed by atoms with Crippen LogP contribution in [0.4, 0.5) is 0 Å². The number of ether oxygens (including phenoxy) is 1. The number of carbonyl (C=O) groups is 1. The number of hydrogen-bond donors (Lipinski definition) is 0. The second kappa shape index (κ2) is 4.76. The lowest BCUT2D eigenvalue weighted by molar-refractivity contribution is -0.299. The van der Waals surface area contributed by atoms with E-state index in [1.165, 1.54) is 0 Å². The third-order valence-electron chi connectivity index (χ3n) is 3.31. The third-order valence-corrected chi connectivity index (χ3v) is 3.64. The highest BCUT2D eigenvalue weighted by Gasteiger charge is 2.48. The van der Waals surface area contributed by atoms with Gasteiger partial charge in [0, 0.05) is 23.9 Å². The average Bonchev–Trinajstić information content (AvgIpc) is 2.11. The fraction of sp³-hybridized carbons (Fsp3) is 0.923. The van der Waals surface area contributed by atoms with Crippen LogP contribution in [0.15, 0.2) is 0 Å². The molecule has 1 aliphatic rings. The predicted octanol–water partition coefficient (Wildman–Crippen LogP) is 3.07. The highest BCUT2D eigenvalue weighted by atomic mass is 79.9. The molecule has 5 heteroatoms. The molecule has 0 unspecified atom stereocenters. The SMILES string of the molecule is CC(C)(Br)C(=O)OC1CC(C)(C)N([O])C(C)(C)C1. The van der Waals surface area contributed by atoms with E-state index in [9.17, 15) is 10.0 Å². The zero-order chi connectivity index (χ0) is 14.4. The van der Waals surface area contributed by atoms with Gasteiger partial charge in [0.2, 0.25) is 0 Å². The summed E-state index contributed by atoms with van der Waals surface area (Å²) in [5, 5.41) is 13.3. The van der Waals surface area contributed by atoms with Gasteiger partial charge in [-0.2, -0.15) is 0 Å². The number of hydroxylamine groups is 2. The van der Waals surface area contributed by atoms with Crippen molar-refractivity contribution in [3.05, 3.63) is 0 Å². The first-order valence-corrected chi connectivity index (χ1v) is 7.03. The Morgan fingerprint density at radius 1 is 1.22 bits per heavy atom. The highest BCUT2D eigenvalue weighted by molar-refractivity contribution is 9.10. The Kier molecular flexibility index (Phi) is 4.21. The summed E-state index contributed by atoms with van der Waals surface area (Å²) >= 11 is 3.29. The molecule has 1 fully saturated rings. The molecule has 0 spiro atoms. The molecule has 1 aliphatic heterocycles. The van der Waals surface area contributed by atoms with Crippen LogP contribution < -0.4 is 0 Å². The molecule has 0 bridgehead atoms. The van der Waals surface area contributed by atoms with Gasteiger partial charge in [0.05, 0.1) is 0 Å². The summed E-state index contributed by atoms with van der Waals surface area (Å²) in [6, 6.07) is 0. The second-order valence-electron chi connectivity index (χ2n) is 6.83. The molecule has 4 nitrogen and oxygen atoms in total. The van der Waals surface area contributed by atoms with Gasteiger partial charge in [-0.15, -0.1) is 10.3 Å². The quantitative estimate of drug-likeness (QED) is 0.580. The number of hydrogen-bond acceptors (Lipinski definition) is 3. The molecule has 1 radical (unpaired) electrons. The molecule has 0 aromatic heterocycles. The topological polar surface area (TPSA) is 49.4 Å². The van der Waals surface area contributed by atoms with Crippen molar-refractivity contribution in [3.8, 4) is 0 Å². The number of piperidine rings is 1. The van der Waals surface area contributed by atoms with Gasteiger partial charge in [-0.25, -0.2) is 0 Å². The van der Waals surface area contributed by atoms with Gasteiger partial charge in [0.15, 0.2) is 0 Å². The van der Waals surface area contributed by atoms with Crippen molar-refractivity contribution < 1.29 is 14.7 Å². The fourth-order valence-electron chi connectivity index (χ4n) is 2.55. The van der Waals surface area contributed by atoms with Gasteiger partial charge in [0.25, 0.3) is 0 Å². The van der Waals surface area contributed by atoms with E-state index < -0.39 is 15.4 Å². The Balaban J connectivity index is 2.79. The zero-order valence-electron chi connectivity index (χ0n) is 12.0. The summed E-state index contributed by atoms with van der Waals surface area (Å²) in [5.74, 6) is -0.279. The molecule has 0 aromatic carbocycles. The lowest BCUT2D eigenvalue weighted by Crippen LogP contribution is -2.60. The minimum atomic E-state index is -0.685. The van der Waals surface area contributed by atoms with Crippen molar-refractivity contribution in [1.29, 1.82) is 0 Å². The van der Waals surface area contributed by atoms with Crippen molar-refractivity contribution in [2.75, 3.05) is 0 Å². The van der Waals surface area contributed by atoms with E-state index in [-0.39, 0.29) is 12.1 Å². The molecule has 0 N–H and O–H groups in total. The van der Waals surface area contributed by atoms with E-state index in [1.54, 1.807) is 13.8 Å². The van der Waals surface area contributed by atoms with Gasteiger partial charge in [-0.3, -0.25) is 4.79 Å². The summed E-state index contributed by atoms with van der Waals surface area (Å²) in [6.07, 6.45) is 0.924. The van der Waals surface area contributed by atoms with E-state index in [2.05, 4.69) is 15.9 Å². The van der Waals surface area contributed by atoms with Crippen LogP contribution in [-0.4, -0.2) is 32.5 Å². The molecule has 0 aromatic rings. The first kappa shape index (κ1) is 15.9. The number of alkyl halides is 1. The number of rotatable bonds is 2. The summed E-state index contributed by atoms with van der Waals surface area (Å²) in [7, 11) is 0. The van der Waals surface area contributed by atoms with Crippen LogP contribution in [0, 0.1) is 0 Å². The predicted molar refractivity (Wildman–Crippen MR) is 72.8 cm³/mol. The third kappa shape index (κ3) is 3.45. The standard InChI is InChI=1S/C13H23BrNO3/c1-11(2)7-9(8-12(3,4)15(11)17)18-10(16)13(5,6)14/h9H,7-8H2,1-6H3. The van der Waals surface area contributed by atoms with E-state index in [1.807, 2.05) is 27.7 Å². The summed E-state index contributed by atoms with van der Waals surface area (Å²) in [6.45, 7) is 11.1. The number of esters is 1. The molecule has 0 atom stereocenters. The fourth-order valence-corrected chi connectivity index (χ4v) is 2.64. The van der Waals surface area contributed by atoms with Crippen molar-refractivity contribution in [1.82, 2.24) is 5.06 Å². The van der Waals surface area contributed by atoms with Gasteiger partial charge in [-0.05, 0) is 41.5 Å². The van der Waals surface area contributed by atoms with E-state index in [4.69, 9.17) is 4.74 Å². The molecule has 1 heterocycles. The smallest absolute Gasteiger partial charge is 0.322 e. The molecule has 0 aliphatic carbocycles. The number of nitrogens with zero attached hydrogens (tertiary/aromatic N) is 1. The molecular weight excluding hydrogens is 298 g/mol. The van der Waals surface area contributed by atoms with Gasteiger partial charge in [0.1, 0.15) is 10.4 Å². The average molecular weight is 321 g/mol. The molecule has 105 valence electrons. The number of halogens is 1. The van der Waals surface area contributed by atoms with E-state index in [0.717, 1.165) is 5.06 Å². The highest BCUT2D eigenvalue weighted by Crippen LogP contribution is 2.38. The van der Waals surface area contributed by atoms with Gasteiger partial charge >= 0.3 is 5.97 Å². The van der Waals surface area contributed by atoms with Crippen molar-refractivity contribution in [3.63, 3.8) is 0 Å². The second-order valence-corrected chi connectivity index (χ2v) is 8.81. The largest absolute Gasteiger partial charge is 0.461 e. The normalized spacial score (nSPS) is 24.9. The maximum absolute atomic E-state index is 12.2. The summed E-state index contributed by atoms with van der Waals surface area (Å²) in [5.41, 5.74) is -1.02. The summed E-state index contributed by atoms with van der Waals surface area (Å²) in [4.78, 5) is 11.9. The molecule has 0 amide bonds. The van der Waals surface area contributed by atoms with Crippen molar-refractivity contribution in [2.24, 2.45) is 0 Å². The molecule has 1 saturated heterocycles. The Labute approximate surface area is 118 Å². The van der Waals surface area contributed by atoms with Crippen LogP contribution in [-0.2, 0) is 14.7 Å². The summed E-state index contributed by atoms with van der Waals surface area (Å²) < 4.78 is 4.84. The van der Waals surface area contributed by atoms with Crippen LogP contribution in [0.3, 0.4) is 0 Å². The lowest BCUT2D eigenvalue weighted by Gasteiger charge is -2.49. The van der Waals surface area contributed by atoms with Crippen molar-refractivity contribution in [2.45, 2.75) is 75.9 Å². The molecular formula is C13H23BrNO3. The van der Waals surface area contributed by atoms with E-state index >= 15 is 0 Å². The minimum absolute atomic E-state index is 0.204. The van der Waals surface area contributed by atoms with E-state index in [0.29, 0.717) is 12.8 Å². The first-order valence-electron chi connectivity index (χ1n) is 6.24. The first-order chi connectivity index (χ1) is 7.86. The Morgan fingerprint density at radius 3 is 1.94 bits per heavy atom. The van der Waals surface area contributed by atoms with Gasteiger partial charge < -0.3 is 4.74 Å².